The Morgan fingerprint density at radius 1 is 1.33 bits per heavy atom. The van der Waals surface area contributed by atoms with Crippen LogP contribution in [-0.4, -0.2) is 43.0 Å². The molecule has 1 aromatic carbocycles. The van der Waals surface area contributed by atoms with Crippen molar-refractivity contribution in [3.05, 3.63) is 29.8 Å². The fourth-order valence-corrected chi connectivity index (χ4v) is 4.50. The van der Waals surface area contributed by atoms with Crippen molar-refractivity contribution in [2.24, 2.45) is 5.41 Å². The van der Waals surface area contributed by atoms with Crippen LogP contribution in [0, 0.1) is 5.41 Å². The number of fused-ring (bicyclic) bond motifs is 2. The van der Waals surface area contributed by atoms with Crippen molar-refractivity contribution < 1.29 is 19.1 Å². The SMILES string of the molecule is CC[C@@]1(C(=O)OC)C(=O)C[C@H]2CC[C@@H]1N2Cc1cccc(OC)c1. The second-order valence-electron chi connectivity index (χ2n) is 6.71. The smallest absolute Gasteiger partial charge is 0.320 e. The summed E-state index contributed by atoms with van der Waals surface area (Å²) in [6, 6.07) is 8.11. The Morgan fingerprint density at radius 2 is 2.12 bits per heavy atom. The van der Waals surface area contributed by atoms with E-state index in [0.717, 1.165) is 30.7 Å². The highest BCUT2D eigenvalue weighted by Gasteiger charge is 2.60. The summed E-state index contributed by atoms with van der Waals surface area (Å²) >= 11 is 0. The first-order valence-corrected chi connectivity index (χ1v) is 8.57. The standard InChI is InChI=1S/C19H25NO4/c1-4-19(18(22)24-3)16-9-8-14(11-17(19)21)20(16)12-13-6-5-7-15(10-13)23-2/h5-7,10,14,16H,4,8-9,11-12H2,1-3H3/t14-,16+,19+/m1/s1. The highest BCUT2D eigenvalue weighted by atomic mass is 16.5. The van der Waals surface area contributed by atoms with Gasteiger partial charge in [0.1, 0.15) is 11.2 Å². The van der Waals surface area contributed by atoms with Crippen LogP contribution >= 0.6 is 0 Å². The summed E-state index contributed by atoms with van der Waals surface area (Å²) in [6.45, 7) is 2.63. The average molecular weight is 331 g/mol. The van der Waals surface area contributed by atoms with Gasteiger partial charge in [-0.2, -0.15) is 0 Å². The maximum absolute atomic E-state index is 12.8. The molecule has 2 bridgehead atoms. The predicted molar refractivity (Wildman–Crippen MR) is 89.7 cm³/mol. The summed E-state index contributed by atoms with van der Waals surface area (Å²) in [5.41, 5.74) is 0.121. The molecule has 3 rings (SSSR count). The second kappa shape index (κ2) is 6.55. The number of nitrogens with zero attached hydrogens (tertiary/aromatic N) is 1. The number of methoxy groups -OCH3 is 2. The second-order valence-corrected chi connectivity index (χ2v) is 6.71. The number of esters is 1. The quantitative estimate of drug-likeness (QED) is 0.613. The van der Waals surface area contributed by atoms with Crippen molar-refractivity contribution in [1.29, 1.82) is 0 Å². The zero-order chi connectivity index (χ0) is 17.3. The monoisotopic (exact) mass is 331 g/mol. The topological polar surface area (TPSA) is 55.8 Å². The first-order valence-electron chi connectivity index (χ1n) is 8.57. The summed E-state index contributed by atoms with van der Waals surface area (Å²) in [7, 11) is 3.03. The van der Waals surface area contributed by atoms with Crippen LogP contribution in [0.5, 0.6) is 5.75 Å². The highest BCUT2D eigenvalue weighted by Crippen LogP contribution is 2.48. The molecule has 0 aromatic heterocycles. The van der Waals surface area contributed by atoms with E-state index >= 15 is 0 Å². The van der Waals surface area contributed by atoms with Gasteiger partial charge in [0.15, 0.2) is 5.78 Å². The third-order valence-corrected chi connectivity index (χ3v) is 5.74. The van der Waals surface area contributed by atoms with E-state index in [9.17, 15) is 9.59 Å². The van der Waals surface area contributed by atoms with Crippen LogP contribution in [0.2, 0.25) is 0 Å². The van der Waals surface area contributed by atoms with Gasteiger partial charge in [-0.1, -0.05) is 19.1 Å². The molecule has 0 amide bonds. The Morgan fingerprint density at radius 3 is 2.79 bits per heavy atom. The molecule has 0 unspecified atom stereocenters. The van der Waals surface area contributed by atoms with Gasteiger partial charge in [-0.3, -0.25) is 14.5 Å². The molecule has 2 heterocycles. The van der Waals surface area contributed by atoms with Crippen LogP contribution in [0.25, 0.3) is 0 Å². The molecule has 0 N–H and O–H groups in total. The van der Waals surface area contributed by atoms with Crippen LogP contribution in [0.4, 0.5) is 0 Å². The normalized spacial score (nSPS) is 29.5. The van der Waals surface area contributed by atoms with Crippen LogP contribution in [-0.2, 0) is 20.9 Å². The van der Waals surface area contributed by atoms with Gasteiger partial charge in [-0.05, 0) is 37.0 Å². The maximum Gasteiger partial charge on any atom is 0.320 e. The number of benzene rings is 1. The summed E-state index contributed by atoms with van der Waals surface area (Å²) in [6.07, 6.45) is 2.75. The third-order valence-electron chi connectivity index (χ3n) is 5.74. The molecule has 130 valence electrons. The van der Waals surface area contributed by atoms with E-state index in [1.807, 2.05) is 25.1 Å². The van der Waals surface area contributed by atoms with E-state index in [2.05, 4.69) is 11.0 Å². The average Bonchev–Trinajstić information content (AvgIpc) is 2.91. The Hall–Kier alpha value is -1.88. The van der Waals surface area contributed by atoms with Crippen molar-refractivity contribution in [3.8, 4) is 5.75 Å². The fourth-order valence-electron chi connectivity index (χ4n) is 4.50. The van der Waals surface area contributed by atoms with E-state index in [0.29, 0.717) is 12.8 Å². The van der Waals surface area contributed by atoms with Crippen LogP contribution in [0.15, 0.2) is 24.3 Å². The van der Waals surface area contributed by atoms with E-state index < -0.39 is 5.41 Å². The molecule has 5 nitrogen and oxygen atoms in total. The molecule has 0 radical (unpaired) electrons. The third kappa shape index (κ3) is 2.51. The minimum absolute atomic E-state index is 0.0474. The number of rotatable bonds is 5. The van der Waals surface area contributed by atoms with Gasteiger partial charge in [0.2, 0.25) is 0 Å². The van der Waals surface area contributed by atoms with Crippen molar-refractivity contribution in [2.75, 3.05) is 14.2 Å². The van der Waals surface area contributed by atoms with Crippen LogP contribution < -0.4 is 4.74 Å². The predicted octanol–water partition coefficient (Wildman–Crippen LogP) is 2.57. The summed E-state index contributed by atoms with van der Waals surface area (Å²) in [4.78, 5) is 27.6. The van der Waals surface area contributed by atoms with Crippen molar-refractivity contribution in [1.82, 2.24) is 4.90 Å². The van der Waals surface area contributed by atoms with E-state index in [4.69, 9.17) is 9.47 Å². The molecule has 2 saturated heterocycles. The Balaban J connectivity index is 1.92. The molecular weight excluding hydrogens is 306 g/mol. The molecule has 5 heteroatoms. The van der Waals surface area contributed by atoms with Crippen molar-refractivity contribution in [2.45, 2.75) is 51.2 Å². The largest absolute Gasteiger partial charge is 0.497 e. The molecular formula is C19H25NO4. The van der Waals surface area contributed by atoms with Gasteiger partial charge < -0.3 is 9.47 Å². The van der Waals surface area contributed by atoms with E-state index in [-0.39, 0.29) is 23.8 Å². The number of ether oxygens (including phenoxy) is 2. The van der Waals surface area contributed by atoms with Gasteiger partial charge in [0.05, 0.1) is 14.2 Å². The van der Waals surface area contributed by atoms with Gasteiger partial charge in [0.25, 0.3) is 0 Å². The Labute approximate surface area is 142 Å². The Bertz CT molecular complexity index is 644. The van der Waals surface area contributed by atoms with Crippen LogP contribution in [0.1, 0.15) is 38.2 Å². The summed E-state index contributed by atoms with van der Waals surface area (Å²) in [5, 5.41) is 0. The van der Waals surface area contributed by atoms with Crippen molar-refractivity contribution >= 4 is 11.8 Å². The summed E-state index contributed by atoms with van der Waals surface area (Å²) < 4.78 is 10.3. The van der Waals surface area contributed by atoms with E-state index in [1.165, 1.54) is 7.11 Å². The van der Waals surface area contributed by atoms with Gasteiger partial charge in [0, 0.05) is 25.0 Å². The first-order chi connectivity index (χ1) is 11.6. The molecule has 2 aliphatic rings. The Kier molecular flexibility index (Phi) is 4.63. The lowest BCUT2D eigenvalue weighted by atomic mass is 9.70. The fraction of sp³-hybridized carbons (Fsp3) is 0.579. The van der Waals surface area contributed by atoms with Gasteiger partial charge in [-0.15, -0.1) is 0 Å². The lowest BCUT2D eigenvalue weighted by Gasteiger charge is -2.45. The maximum atomic E-state index is 12.8. The number of Topliss-reactive ketones (excluding diaryl/α,β-unsaturated/α-hetero) is 1. The molecule has 2 aliphatic heterocycles. The number of carbonyl (C=O) groups is 2. The molecule has 0 aliphatic carbocycles. The van der Waals surface area contributed by atoms with Gasteiger partial charge >= 0.3 is 5.97 Å². The minimum Gasteiger partial charge on any atom is -0.497 e. The number of carbonyl (C=O) groups excluding carboxylic acids is 2. The molecule has 24 heavy (non-hydrogen) atoms. The van der Waals surface area contributed by atoms with E-state index in [1.54, 1.807) is 7.11 Å². The number of piperidine rings is 1. The lowest BCUT2D eigenvalue weighted by molar-refractivity contribution is -0.167. The zero-order valence-corrected chi connectivity index (χ0v) is 14.6. The molecule has 3 atom stereocenters. The molecule has 0 spiro atoms. The van der Waals surface area contributed by atoms with Crippen LogP contribution in [0.3, 0.4) is 0 Å². The number of hydrogen-bond donors (Lipinski definition) is 0. The molecule has 0 saturated carbocycles. The van der Waals surface area contributed by atoms with Gasteiger partial charge in [-0.25, -0.2) is 0 Å². The summed E-state index contributed by atoms with van der Waals surface area (Å²) in [5.74, 6) is 0.491. The van der Waals surface area contributed by atoms with Crippen molar-refractivity contribution in [3.63, 3.8) is 0 Å². The minimum atomic E-state index is -1.01. The number of ketones is 1. The highest BCUT2D eigenvalue weighted by molar-refractivity contribution is 6.05. The lowest BCUT2D eigenvalue weighted by Crippen LogP contribution is -2.59. The number of hydrogen-bond acceptors (Lipinski definition) is 5. The molecule has 2 fully saturated rings. The molecule has 1 aromatic rings. The first kappa shape index (κ1) is 17.0. The zero-order valence-electron chi connectivity index (χ0n) is 14.6.